The number of aliphatic carboxylic acids is 1. The number of nitrogens with zero attached hydrogens (tertiary/aromatic N) is 4. The number of amides is 1. The molecular formula is C21H26N6O4S. The summed E-state index contributed by atoms with van der Waals surface area (Å²) in [4.78, 5) is 23.9. The minimum atomic E-state index is -1.07. The molecule has 4 N–H and O–H groups in total. The van der Waals surface area contributed by atoms with Gasteiger partial charge in [0.25, 0.3) is 0 Å². The number of aliphatic hydroxyl groups is 1. The second kappa shape index (κ2) is 12.0. The molecule has 0 aliphatic carbocycles. The lowest BCUT2D eigenvalue weighted by Gasteiger charge is -2.19. The van der Waals surface area contributed by atoms with Crippen molar-refractivity contribution in [3.05, 3.63) is 64.1 Å². The van der Waals surface area contributed by atoms with Crippen LogP contribution < -0.4 is 10.6 Å². The average molecular weight is 459 g/mol. The van der Waals surface area contributed by atoms with Crippen molar-refractivity contribution in [1.82, 2.24) is 30.8 Å². The van der Waals surface area contributed by atoms with E-state index in [4.69, 9.17) is 5.11 Å². The van der Waals surface area contributed by atoms with Crippen molar-refractivity contribution in [3.8, 4) is 0 Å². The summed E-state index contributed by atoms with van der Waals surface area (Å²) < 4.78 is 1.63. The van der Waals surface area contributed by atoms with Crippen molar-refractivity contribution in [1.29, 1.82) is 0 Å². The summed E-state index contributed by atoms with van der Waals surface area (Å²) in [5.74, 6) is -0.574. The van der Waals surface area contributed by atoms with E-state index in [-0.39, 0.29) is 18.9 Å². The maximum Gasteiger partial charge on any atom is 0.306 e. The van der Waals surface area contributed by atoms with Crippen LogP contribution in [0.1, 0.15) is 41.6 Å². The van der Waals surface area contributed by atoms with Gasteiger partial charge >= 0.3 is 5.97 Å². The first kappa shape index (κ1) is 23.5. The van der Waals surface area contributed by atoms with Crippen LogP contribution >= 0.6 is 11.3 Å². The third-order valence-corrected chi connectivity index (χ3v) is 5.66. The summed E-state index contributed by atoms with van der Waals surface area (Å²) in [5.41, 5.74) is 1.04. The van der Waals surface area contributed by atoms with Crippen LogP contribution in [0, 0.1) is 0 Å². The Morgan fingerprint density at radius 2 is 1.97 bits per heavy atom. The molecule has 1 aromatic carbocycles. The van der Waals surface area contributed by atoms with Gasteiger partial charge in [0.05, 0.1) is 12.5 Å². The van der Waals surface area contributed by atoms with Crippen LogP contribution in [0.4, 0.5) is 0 Å². The van der Waals surface area contributed by atoms with E-state index < -0.39 is 18.1 Å². The number of carboxylic acid groups (broad SMARTS) is 1. The van der Waals surface area contributed by atoms with Crippen LogP contribution in [0.3, 0.4) is 0 Å². The molecule has 0 aliphatic heterocycles. The Morgan fingerprint density at radius 3 is 2.69 bits per heavy atom. The fraction of sp³-hybridized carbons (Fsp3) is 0.381. The number of carboxylic acids is 1. The second-order valence-electron chi connectivity index (χ2n) is 7.23. The van der Waals surface area contributed by atoms with Crippen molar-refractivity contribution in [2.75, 3.05) is 6.54 Å². The lowest BCUT2D eigenvalue weighted by molar-refractivity contribution is -0.139. The zero-order valence-electron chi connectivity index (χ0n) is 17.4. The van der Waals surface area contributed by atoms with Gasteiger partial charge in [-0.3, -0.25) is 9.59 Å². The lowest BCUT2D eigenvalue weighted by Crippen LogP contribution is -2.33. The molecule has 10 nitrogen and oxygen atoms in total. The molecule has 0 fully saturated rings. The first-order chi connectivity index (χ1) is 15.5. The molecule has 2 atom stereocenters. The molecule has 1 amide bonds. The van der Waals surface area contributed by atoms with Crippen LogP contribution in [-0.4, -0.2) is 54.9 Å². The number of nitrogens with one attached hydrogen (secondary N) is 2. The van der Waals surface area contributed by atoms with Crippen LogP contribution in [0.15, 0.2) is 47.8 Å². The Kier molecular flexibility index (Phi) is 8.84. The number of thiophene rings is 1. The van der Waals surface area contributed by atoms with Crippen LogP contribution in [-0.2, 0) is 22.7 Å². The number of aromatic nitrogens is 4. The molecule has 2 aromatic heterocycles. The van der Waals surface area contributed by atoms with Gasteiger partial charge in [-0.2, -0.15) is 0 Å². The highest BCUT2D eigenvalue weighted by Crippen LogP contribution is 2.24. The van der Waals surface area contributed by atoms with E-state index in [1.54, 1.807) is 4.68 Å². The van der Waals surface area contributed by atoms with Crippen molar-refractivity contribution in [3.63, 3.8) is 0 Å². The number of carbonyl (C=O) groups is 2. The minimum Gasteiger partial charge on any atom is -0.481 e. The topological polar surface area (TPSA) is 142 Å². The number of hydrogen-bond acceptors (Lipinski definition) is 8. The van der Waals surface area contributed by atoms with E-state index >= 15 is 0 Å². The molecular weight excluding hydrogens is 432 g/mol. The van der Waals surface area contributed by atoms with E-state index in [1.165, 1.54) is 11.3 Å². The van der Waals surface area contributed by atoms with Gasteiger partial charge in [0.2, 0.25) is 5.91 Å². The van der Waals surface area contributed by atoms with E-state index in [1.807, 2.05) is 47.8 Å². The fourth-order valence-corrected chi connectivity index (χ4v) is 3.95. The molecule has 3 rings (SSSR count). The number of carbonyl (C=O) groups excluding carboxylic acids is 1. The predicted octanol–water partition coefficient (Wildman–Crippen LogP) is 1.35. The Bertz CT molecular complexity index is 979. The molecule has 0 saturated carbocycles. The molecule has 0 spiro atoms. The Morgan fingerprint density at radius 1 is 1.16 bits per heavy atom. The quantitative estimate of drug-likeness (QED) is 0.301. The molecule has 170 valence electrons. The van der Waals surface area contributed by atoms with Crippen molar-refractivity contribution in [2.24, 2.45) is 0 Å². The van der Waals surface area contributed by atoms with Crippen LogP contribution in [0.5, 0.6) is 0 Å². The molecule has 0 saturated heterocycles. The van der Waals surface area contributed by atoms with Gasteiger partial charge in [0.15, 0.2) is 5.82 Å². The van der Waals surface area contributed by atoms with Gasteiger partial charge < -0.3 is 20.8 Å². The second-order valence-corrected chi connectivity index (χ2v) is 8.21. The summed E-state index contributed by atoms with van der Waals surface area (Å²) in [6, 6.07) is 13.1. The van der Waals surface area contributed by atoms with Crippen molar-refractivity contribution >= 4 is 23.2 Å². The third-order valence-electron chi connectivity index (χ3n) is 4.72. The van der Waals surface area contributed by atoms with Gasteiger partial charge in [-0.25, -0.2) is 4.68 Å². The molecule has 11 heteroatoms. The first-order valence-electron chi connectivity index (χ1n) is 10.3. The Balaban J connectivity index is 1.55. The number of hydrogen-bond donors (Lipinski definition) is 4. The smallest absolute Gasteiger partial charge is 0.306 e. The normalized spacial score (nSPS) is 12.9. The van der Waals surface area contributed by atoms with Gasteiger partial charge in [-0.1, -0.05) is 36.4 Å². The maximum absolute atomic E-state index is 12.2. The lowest BCUT2D eigenvalue weighted by atomic mass is 10.2. The fourth-order valence-electron chi connectivity index (χ4n) is 3.15. The summed E-state index contributed by atoms with van der Waals surface area (Å²) in [6.45, 7) is 1.00. The third kappa shape index (κ3) is 7.22. The van der Waals surface area contributed by atoms with Gasteiger partial charge in [-0.15, -0.1) is 16.4 Å². The summed E-state index contributed by atoms with van der Waals surface area (Å²) >= 11 is 1.50. The molecule has 3 aromatic rings. The summed E-state index contributed by atoms with van der Waals surface area (Å²) in [7, 11) is 0. The number of aryl methyl sites for hydroxylation is 1. The largest absolute Gasteiger partial charge is 0.481 e. The van der Waals surface area contributed by atoms with E-state index in [2.05, 4.69) is 26.2 Å². The monoisotopic (exact) mass is 458 g/mol. The van der Waals surface area contributed by atoms with Gasteiger partial charge in [0.1, 0.15) is 6.04 Å². The molecule has 0 aliphatic rings. The number of rotatable bonds is 13. The SMILES string of the molecule is O=C(O)CC(O)CN[C@H](c1cccs1)c1nnnn1CCCC(=O)NCc1ccccc1. The van der Waals surface area contributed by atoms with Crippen LogP contribution in [0.2, 0.25) is 0 Å². The first-order valence-corrected chi connectivity index (χ1v) is 11.1. The minimum absolute atomic E-state index is 0.0480. The molecule has 1 unspecified atom stereocenters. The highest BCUT2D eigenvalue weighted by atomic mass is 32.1. The van der Waals surface area contributed by atoms with Crippen molar-refractivity contribution < 1.29 is 19.8 Å². The number of tetrazole rings is 1. The van der Waals surface area contributed by atoms with Crippen LogP contribution in [0.25, 0.3) is 0 Å². The Labute approximate surface area is 189 Å². The molecule has 2 heterocycles. The van der Waals surface area contributed by atoms with E-state index in [0.717, 1.165) is 10.4 Å². The zero-order valence-corrected chi connectivity index (χ0v) is 18.2. The average Bonchev–Trinajstić information content (AvgIpc) is 3.46. The number of benzene rings is 1. The predicted molar refractivity (Wildman–Crippen MR) is 118 cm³/mol. The molecule has 0 bridgehead atoms. The highest BCUT2D eigenvalue weighted by Gasteiger charge is 2.23. The summed E-state index contributed by atoms with van der Waals surface area (Å²) in [6.07, 6.45) is -0.502. The standard InChI is InChI=1S/C21H26N6O4S/c28-16(12-19(30)31)14-23-20(17-8-5-11-32-17)21-24-25-26-27(21)10-4-9-18(29)22-13-15-6-2-1-3-7-15/h1-3,5-8,11,16,20,23,28H,4,9-10,12-14H2,(H,22,29)(H,30,31)/t16?,20-/m1/s1. The molecule has 0 radical (unpaired) electrons. The van der Waals surface area contributed by atoms with E-state index in [0.29, 0.717) is 31.8 Å². The number of aliphatic hydroxyl groups excluding tert-OH is 1. The Hall–Kier alpha value is -3.15. The van der Waals surface area contributed by atoms with E-state index in [9.17, 15) is 14.7 Å². The highest BCUT2D eigenvalue weighted by molar-refractivity contribution is 7.10. The van der Waals surface area contributed by atoms with Gasteiger partial charge in [0, 0.05) is 30.9 Å². The molecule has 32 heavy (non-hydrogen) atoms. The maximum atomic E-state index is 12.2. The zero-order chi connectivity index (χ0) is 22.8. The van der Waals surface area contributed by atoms with Crippen molar-refractivity contribution in [2.45, 2.75) is 44.5 Å². The van der Waals surface area contributed by atoms with Gasteiger partial charge in [-0.05, 0) is 33.9 Å². The summed E-state index contributed by atoms with van der Waals surface area (Å²) in [5, 5.41) is 38.7.